The average Bonchev–Trinajstić information content (AvgIpc) is 2.46. The van der Waals surface area contributed by atoms with Crippen molar-refractivity contribution in [1.82, 2.24) is 9.97 Å². The topological polar surface area (TPSA) is 64.1 Å². The number of anilines is 1. The Kier molecular flexibility index (Phi) is 7.54. The van der Waals surface area contributed by atoms with Crippen molar-refractivity contribution in [1.29, 1.82) is 0 Å². The van der Waals surface area contributed by atoms with Crippen LogP contribution in [0, 0.1) is 0 Å². The standard InChI is InChI=1S/C14H23N3O2/c1-3-4-5-6-7-8-9-15-13-11-16-12(10-17-13)14(18)19-2/h10-11H,3-9H2,1-2H3,(H,15,17). The van der Waals surface area contributed by atoms with Crippen LogP contribution in [0.15, 0.2) is 12.4 Å². The van der Waals surface area contributed by atoms with E-state index in [9.17, 15) is 4.79 Å². The Morgan fingerprint density at radius 1 is 1.16 bits per heavy atom. The van der Waals surface area contributed by atoms with Gasteiger partial charge in [-0.05, 0) is 6.42 Å². The normalized spacial score (nSPS) is 10.2. The SMILES string of the molecule is CCCCCCCCNc1cnc(C(=O)OC)cn1. The van der Waals surface area contributed by atoms with Crippen LogP contribution in [0.4, 0.5) is 5.82 Å². The van der Waals surface area contributed by atoms with Gasteiger partial charge in [0.1, 0.15) is 5.82 Å². The van der Waals surface area contributed by atoms with Crippen molar-refractivity contribution in [2.24, 2.45) is 0 Å². The van der Waals surface area contributed by atoms with Crippen molar-refractivity contribution >= 4 is 11.8 Å². The summed E-state index contributed by atoms with van der Waals surface area (Å²) in [5, 5.41) is 3.19. The third-order valence-electron chi connectivity index (χ3n) is 2.88. The number of hydrogen-bond donors (Lipinski definition) is 1. The highest BCUT2D eigenvalue weighted by Crippen LogP contribution is 2.06. The summed E-state index contributed by atoms with van der Waals surface area (Å²) in [5.74, 6) is 0.233. The van der Waals surface area contributed by atoms with Gasteiger partial charge < -0.3 is 10.1 Å². The van der Waals surface area contributed by atoms with Gasteiger partial charge in [-0.3, -0.25) is 0 Å². The van der Waals surface area contributed by atoms with Crippen LogP contribution in [-0.2, 0) is 4.74 Å². The summed E-state index contributed by atoms with van der Waals surface area (Å²) in [5.41, 5.74) is 0.229. The lowest BCUT2D eigenvalue weighted by Gasteiger charge is -2.05. The zero-order valence-corrected chi connectivity index (χ0v) is 11.8. The maximum atomic E-state index is 11.2. The first-order valence-corrected chi connectivity index (χ1v) is 6.92. The van der Waals surface area contributed by atoms with E-state index in [-0.39, 0.29) is 5.69 Å². The second kappa shape index (κ2) is 9.30. The van der Waals surface area contributed by atoms with Crippen molar-refractivity contribution in [3.63, 3.8) is 0 Å². The molecule has 5 heteroatoms. The molecular weight excluding hydrogens is 242 g/mol. The number of esters is 1. The van der Waals surface area contributed by atoms with E-state index in [4.69, 9.17) is 0 Å². The summed E-state index contributed by atoms with van der Waals surface area (Å²) in [6.07, 6.45) is 10.6. The molecule has 0 amide bonds. The van der Waals surface area contributed by atoms with E-state index >= 15 is 0 Å². The molecule has 1 heterocycles. The Bertz CT molecular complexity index is 365. The fraction of sp³-hybridized carbons (Fsp3) is 0.643. The third kappa shape index (κ3) is 6.18. The predicted molar refractivity (Wildman–Crippen MR) is 75.2 cm³/mol. The van der Waals surface area contributed by atoms with Crippen LogP contribution in [0.5, 0.6) is 0 Å². The monoisotopic (exact) mass is 265 g/mol. The van der Waals surface area contributed by atoms with Gasteiger partial charge in [0.05, 0.1) is 19.5 Å². The molecule has 1 rings (SSSR count). The summed E-state index contributed by atoms with van der Waals surface area (Å²) >= 11 is 0. The number of unbranched alkanes of at least 4 members (excludes halogenated alkanes) is 5. The molecule has 0 atom stereocenters. The Balaban J connectivity index is 2.18. The molecule has 1 aromatic heterocycles. The second-order valence-electron chi connectivity index (χ2n) is 4.47. The van der Waals surface area contributed by atoms with Gasteiger partial charge in [-0.25, -0.2) is 14.8 Å². The Labute approximate surface area is 114 Å². The van der Waals surface area contributed by atoms with E-state index in [0.29, 0.717) is 5.82 Å². The van der Waals surface area contributed by atoms with Crippen LogP contribution in [0.1, 0.15) is 55.9 Å². The molecule has 0 saturated carbocycles. The van der Waals surface area contributed by atoms with Gasteiger partial charge in [-0.2, -0.15) is 0 Å². The van der Waals surface area contributed by atoms with Crippen LogP contribution in [0.2, 0.25) is 0 Å². The van der Waals surface area contributed by atoms with Crippen molar-refractivity contribution in [3.8, 4) is 0 Å². The minimum atomic E-state index is -0.463. The van der Waals surface area contributed by atoms with Gasteiger partial charge in [0.25, 0.3) is 0 Å². The Hall–Kier alpha value is -1.65. The molecule has 0 aliphatic heterocycles. The van der Waals surface area contributed by atoms with E-state index in [2.05, 4.69) is 26.9 Å². The van der Waals surface area contributed by atoms with Gasteiger partial charge >= 0.3 is 5.97 Å². The molecule has 0 spiro atoms. The lowest BCUT2D eigenvalue weighted by Crippen LogP contribution is -2.08. The van der Waals surface area contributed by atoms with E-state index in [0.717, 1.165) is 13.0 Å². The molecule has 5 nitrogen and oxygen atoms in total. The number of methoxy groups -OCH3 is 1. The highest BCUT2D eigenvalue weighted by molar-refractivity contribution is 5.86. The number of aromatic nitrogens is 2. The molecule has 0 saturated heterocycles. The first-order valence-electron chi connectivity index (χ1n) is 6.92. The Morgan fingerprint density at radius 2 is 1.89 bits per heavy atom. The minimum absolute atomic E-state index is 0.229. The molecule has 0 unspecified atom stereocenters. The molecule has 19 heavy (non-hydrogen) atoms. The number of carbonyl (C=O) groups excluding carboxylic acids is 1. The average molecular weight is 265 g/mol. The number of rotatable bonds is 9. The molecule has 0 aliphatic rings. The maximum Gasteiger partial charge on any atom is 0.358 e. The van der Waals surface area contributed by atoms with E-state index in [1.807, 2.05) is 0 Å². The molecule has 0 radical (unpaired) electrons. The molecule has 1 aromatic rings. The summed E-state index contributed by atoms with van der Waals surface area (Å²) in [4.78, 5) is 19.3. The highest BCUT2D eigenvalue weighted by Gasteiger charge is 2.06. The number of ether oxygens (including phenoxy) is 1. The second-order valence-corrected chi connectivity index (χ2v) is 4.47. The number of nitrogens with zero attached hydrogens (tertiary/aromatic N) is 2. The van der Waals surface area contributed by atoms with E-state index < -0.39 is 5.97 Å². The molecule has 106 valence electrons. The summed E-state index contributed by atoms with van der Waals surface area (Å²) in [7, 11) is 1.33. The van der Waals surface area contributed by atoms with Crippen LogP contribution in [-0.4, -0.2) is 29.6 Å². The number of hydrogen-bond acceptors (Lipinski definition) is 5. The maximum absolute atomic E-state index is 11.2. The largest absolute Gasteiger partial charge is 0.464 e. The molecule has 0 fully saturated rings. The first-order chi connectivity index (χ1) is 9.27. The van der Waals surface area contributed by atoms with Crippen LogP contribution >= 0.6 is 0 Å². The van der Waals surface area contributed by atoms with Gasteiger partial charge in [-0.15, -0.1) is 0 Å². The fourth-order valence-corrected chi connectivity index (χ4v) is 1.75. The highest BCUT2D eigenvalue weighted by atomic mass is 16.5. The van der Waals surface area contributed by atoms with E-state index in [1.54, 1.807) is 6.20 Å². The molecule has 0 aliphatic carbocycles. The predicted octanol–water partition coefficient (Wildman–Crippen LogP) is 3.04. The summed E-state index contributed by atoms with van der Waals surface area (Å²) < 4.78 is 4.56. The fourth-order valence-electron chi connectivity index (χ4n) is 1.75. The summed E-state index contributed by atoms with van der Waals surface area (Å²) in [6.45, 7) is 3.11. The van der Waals surface area contributed by atoms with Gasteiger partial charge in [0, 0.05) is 6.54 Å². The van der Waals surface area contributed by atoms with Crippen molar-refractivity contribution in [3.05, 3.63) is 18.1 Å². The van der Waals surface area contributed by atoms with Crippen molar-refractivity contribution in [2.45, 2.75) is 45.4 Å². The van der Waals surface area contributed by atoms with Crippen LogP contribution in [0.25, 0.3) is 0 Å². The molecule has 0 bridgehead atoms. The molecule has 0 aromatic carbocycles. The quantitative estimate of drug-likeness (QED) is 0.549. The smallest absolute Gasteiger partial charge is 0.358 e. The lowest BCUT2D eigenvalue weighted by atomic mass is 10.1. The van der Waals surface area contributed by atoms with Crippen LogP contribution < -0.4 is 5.32 Å². The van der Waals surface area contributed by atoms with Crippen molar-refractivity contribution in [2.75, 3.05) is 19.0 Å². The lowest BCUT2D eigenvalue weighted by molar-refractivity contribution is 0.0593. The van der Waals surface area contributed by atoms with Gasteiger partial charge in [0.15, 0.2) is 5.69 Å². The van der Waals surface area contributed by atoms with Gasteiger partial charge in [-0.1, -0.05) is 39.0 Å². The summed E-state index contributed by atoms with van der Waals surface area (Å²) in [6, 6.07) is 0. The van der Waals surface area contributed by atoms with Crippen LogP contribution in [0.3, 0.4) is 0 Å². The molecular formula is C14H23N3O2. The van der Waals surface area contributed by atoms with Crippen molar-refractivity contribution < 1.29 is 9.53 Å². The first kappa shape index (κ1) is 15.4. The minimum Gasteiger partial charge on any atom is -0.464 e. The molecule has 1 N–H and O–H groups in total. The zero-order valence-electron chi connectivity index (χ0n) is 11.8. The van der Waals surface area contributed by atoms with E-state index in [1.165, 1.54) is 45.4 Å². The zero-order chi connectivity index (χ0) is 13.9. The number of carbonyl (C=O) groups is 1. The van der Waals surface area contributed by atoms with Gasteiger partial charge in [0.2, 0.25) is 0 Å². The third-order valence-corrected chi connectivity index (χ3v) is 2.88. The number of nitrogens with one attached hydrogen (secondary N) is 1. The Morgan fingerprint density at radius 3 is 2.53 bits per heavy atom.